The van der Waals surface area contributed by atoms with E-state index in [1.165, 1.54) is 36.1 Å². The van der Waals surface area contributed by atoms with E-state index in [2.05, 4.69) is 20.5 Å². The maximum absolute atomic E-state index is 14.0. The molecule has 7 nitrogen and oxygen atoms in total. The molecule has 0 unspecified atom stereocenters. The van der Waals surface area contributed by atoms with E-state index in [-0.39, 0.29) is 28.0 Å². The smallest absolute Gasteiger partial charge is 0.318 e. The van der Waals surface area contributed by atoms with Gasteiger partial charge in [-0.3, -0.25) is 9.48 Å². The van der Waals surface area contributed by atoms with E-state index in [0.717, 1.165) is 18.2 Å². The highest BCUT2D eigenvalue weighted by molar-refractivity contribution is 6.03. The fraction of sp³-hybridized carbons (Fsp3) is 0.238. The topological polar surface area (TPSA) is 77.1 Å². The Bertz CT molecular complexity index is 1440. The first kappa shape index (κ1) is 25.1. The minimum absolute atomic E-state index is 0.0623. The molecule has 3 heterocycles. The number of alkyl halides is 8. The number of nitrogens with zero attached hydrogens (tertiary/aromatic N) is 5. The van der Waals surface area contributed by atoms with Crippen molar-refractivity contribution in [3.8, 4) is 0 Å². The van der Waals surface area contributed by atoms with Gasteiger partial charge in [-0.25, -0.2) is 9.50 Å². The molecule has 0 atom stereocenters. The standard InChI is InChI=1S/C21H14F8N6O/c1-11-5-16(19(22,23)21(27,28)29)35-17(31-11)7-15(33-35)18(36)32-14-8-30-34(10-14)9-12-3-2-4-13(6-12)20(24,25)26/h2-8,10H,9H2,1H3,(H,32,36). The van der Waals surface area contributed by atoms with Gasteiger partial charge in [0.2, 0.25) is 0 Å². The normalized spacial score (nSPS) is 12.8. The molecule has 0 fully saturated rings. The van der Waals surface area contributed by atoms with Crippen molar-refractivity contribution < 1.29 is 39.9 Å². The van der Waals surface area contributed by atoms with Gasteiger partial charge in [0, 0.05) is 18.0 Å². The number of aryl methyl sites for hydroxylation is 1. The van der Waals surface area contributed by atoms with Crippen molar-refractivity contribution >= 4 is 17.2 Å². The van der Waals surface area contributed by atoms with Crippen molar-refractivity contribution in [1.29, 1.82) is 0 Å². The first-order chi connectivity index (χ1) is 16.6. The Morgan fingerprint density at radius 2 is 1.75 bits per heavy atom. The van der Waals surface area contributed by atoms with Crippen LogP contribution in [0.3, 0.4) is 0 Å². The second-order valence-electron chi connectivity index (χ2n) is 7.73. The summed E-state index contributed by atoms with van der Waals surface area (Å²) in [5, 5.41) is 9.85. The number of hydrogen-bond donors (Lipinski definition) is 1. The van der Waals surface area contributed by atoms with Crippen molar-refractivity contribution in [1.82, 2.24) is 24.4 Å². The van der Waals surface area contributed by atoms with Crippen LogP contribution in [0.5, 0.6) is 0 Å². The van der Waals surface area contributed by atoms with Gasteiger partial charge >= 0.3 is 18.3 Å². The number of nitrogens with one attached hydrogen (secondary N) is 1. The molecule has 0 aliphatic carbocycles. The lowest BCUT2D eigenvalue weighted by molar-refractivity contribution is -0.291. The van der Waals surface area contributed by atoms with Crippen molar-refractivity contribution in [2.75, 3.05) is 5.32 Å². The average Bonchev–Trinajstić information content (AvgIpc) is 3.38. The monoisotopic (exact) mass is 518 g/mol. The van der Waals surface area contributed by atoms with Crippen LogP contribution in [-0.2, 0) is 18.6 Å². The lowest BCUT2D eigenvalue weighted by Gasteiger charge is -2.20. The molecule has 190 valence electrons. The molecule has 0 aliphatic heterocycles. The van der Waals surface area contributed by atoms with Crippen molar-refractivity contribution in [2.24, 2.45) is 0 Å². The van der Waals surface area contributed by atoms with E-state index in [4.69, 9.17) is 0 Å². The maximum atomic E-state index is 14.0. The van der Waals surface area contributed by atoms with Crippen LogP contribution >= 0.6 is 0 Å². The van der Waals surface area contributed by atoms with Crippen LogP contribution in [0.25, 0.3) is 5.65 Å². The highest BCUT2D eigenvalue weighted by Gasteiger charge is 2.60. The maximum Gasteiger partial charge on any atom is 0.459 e. The van der Waals surface area contributed by atoms with Gasteiger partial charge < -0.3 is 5.32 Å². The first-order valence-corrected chi connectivity index (χ1v) is 9.97. The molecule has 3 aromatic heterocycles. The average molecular weight is 518 g/mol. The van der Waals surface area contributed by atoms with Gasteiger partial charge in [-0.1, -0.05) is 12.1 Å². The fourth-order valence-electron chi connectivity index (χ4n) is 3.32. The lowest BCUT2D eigenvalue weighted by atomic mass is 10.1. The SMILES string of the molecule is Cc1cc(C(F)(F)C(F)(F)F)n2nc(C(=O)Nc3cnn(Cc4cccc(C(F)(F)F)c4)c3)cc2n1. The van der Waals surface area contributed by atoms with Crippen LogP contribution in [0, 0.1) is 6.92 Å². The Kier molecular flexibility index (Phi) is 5.96. The van der Waals surface area contributed by atoms with Crippen molar-refractivity contribution in [2.45, 2.75) is 31.7 Å². The third-order valence-electron chi connectivity index (χ3n) is 4.96. The number of benzene rings is 1. The van der Waals surface area contributed by atoms with E-state index in [1.807, 2.05) is 0 Å². The summed E-state index contributed by atoms with van der Waals surface area (Å²) in [7, 11) is 0. The molecule has 1 N–H and O–H groups in total. The number of halogens is 8. The first-order valence-electron chi connectivity index (χ1n) is 9.97. The molecule has 4 aromatic rings. The third-order valence-corrected chi connectivity index (χ3v) is 4.96. The quantitative estimate of drug-likeness (QED) is 0.368. The van der Waals surface area contributed by atoms with Crippen LogP contribution in [0.4, 0.5) is 40.8 Å². The summed E-state index contributed by atoms with van der Waals surface area (Å²) in [5.41, 5.74) is -3.04. The van der Waals surface area contributed by atoms with Crippen LogP contribution in [-0.4, -0.2) is 36.5 Å². The van der Waals surface area contributed by atoms with Crippen LogP contribution in [0.2, 0.25) is 0 Å². The summed E-state index contributed by atoms with van der Waals surface area (Å²) in [4.78, 5) is 16.4. The Labute approximate surface area is 196 Å². The van der Waals surface area contributed by atoms with Gasteiger partial charge in [0.05, 0.1) is 24.0 Å². The Balaban J connectivity index is 1.55. The van der Waals surface area contributed by atoms with E-state index in [9.17, 15) is 39.9 Å². The number of hydrogen-bond acceptors (Lipinski definition) is 4. The molecule has 4 rings (SSSR count). The van der Waals surface area contributed by atoms with Crippen molar-refractivity contribution in [3.05, 3.63) is 77.0 Å². The molecule has 0 saturated heterocycles. The molecule has 36 heavy (non-hydrogen) atoms. The summed E-state index contributed by atoms with van der Waals surface area (Å²) in [6.45, 7) is 1.15. The summed E-state index contributed by atoms with van der Waals surface area (Å²) in [6, 6.07) is 6.01. The minimum Gasteiger partial charge on any atom is -0.318 e. The highest BCUT2D eigenvalue weighted by atomic mass is 19.4. The second kappa shape index (κ2) is 8.57. The largest absolute Gasteiger partial charge is 0.459 e. The Morgan fingerprint density at radius 3 is 2.42 bits per heavy atom. The number of rotatable bonds is 5. The van der Waals surface area contributed by atoms with Crippen LogP contribution in [0.1, 0.15) is 33.0 Å². The van der Waals surface area contributed by atoms with Gasteiger partial charge in [-0.2, -0.15) is 45.3 Å². The second-order valence-corrected chi connectivity index (χ2v) is 7.73. The molecular weight excluding hydrogens is 504 g/mol. The zero-order valence-corrected chi connectivity index (χ0v) is 18.0. The Hall–Kier alpha value is -4.04. The van der Waals surface area contributed by atoms with E-state index in [0.29, 0.717) is 6.07 Å². The van der Waals surface area contributed by atoms with Crippen LogP contribution in [0.15, 0.2) is 48.8 Å². The van der Waals surface area contributed by atoms with E-state index >= 15 is 0 Å². The molecule has 0 spiro atoms. The molecular formula is C21H14F8N6O. The summed E-state index contributed by atoms with van der Waals surface area (Å²) >= 11 is 0. The third kappa shape index (κ3) is 4.85. The number of fused-ring (bicyclic) bond motifs is 1. The number of aromatic nitrogens is 5. The van der Waals surface area contributed by atoms with Gasteiger partial charge in [0.25, 0.3) is 5.91 Å². The molecule has 1 aromatic carbocycles. The molecule has 0 bridgehead atoms. The predicted octanol–water partition coefficient (Wildman–Crippen LogP) is 5.21. The summed E-state index contributed by atoms with van der Waals surface area (Å²) in [5.74, 6) is -6.22. The minimum atomic E-state index is -5.91. The van der Waals surface area contributed by atoms with Gasteiger partial charge in [-0.05, 0) is 30.7 Å². The Morgan fingerprint density at radius 1 is 1.03 bits per heavy atom. The van der Waals surface area contributed by atoms with Crippen molar-refractivity contribution in [3.63, 3.8) is 0 Å². The fourth-order valence-corrected chi connectivity index (χ4v) is 3.32. The number of amides is 1. The number of carbonyl (C=O) groups is 1. The van der Waals surface area contributed by atoms with Gasteiger partial charge in [0.15, 0.2) is 11.3 Å². The number of anilines is 1. The molecule has 1 amide bonds. The van der Waals surface area contributed by atoms with Crippen LogP contribution < -0.4 is 5.32 Å². The lowest BCUT2D eigenvalue weighted by Crippen LogP contribution is -2.36. The highest BCUT2D eigenvalue weighted by Crippen LogP contribution is 2.43. The predicted molar refractivity (Wildman–Crippen MR) is 108 cm³/mol. The van der Waals surface area contributed by atoms with Gasteiger partial charge in [-0.15, -0.1) is 0 Å². The zero-order valence-electron chi connectivity index (χ0n) is 18.0. The van der Waals surface area contributed by atoms with Gasteiger partial charge in [0.1, 0.15) is 5.69 Å². The molecule has 0 saturated carbocycles. The molecule has 0 radical (unpaired) electrons. The molecule has 0 aliphatic rings. The van der Waals surface area contributed by atoms with E-state index in [1.54, 1.807) is 0 Å². The van der Waals surface area contributed by atoms with E-state index < -0.39 is 46.8 Å². The zero-order chi connectivity index (χ0) is 26.5. The summed E-state index contributed by atoms with van der Waals surface area (Å²) < 4.78 is 107. The molecule has 15 heteroatoms. The summed E-state index contributed by atoms with van der Waals surface area (Å²) in [6.07, 6.45) is -7.96. The number of carbonyl (C=O) groups excluding carboxylic acids is 1.